The molecule has 0 bridgehead atoms. The smallest absolute Gasteiger partial charge is 0.234 e. The van der Waals surface area contributed by atoms with Crippen LogP contribution in [0.3, 0.4) is 0 Å². The van der Waals surface area contributed by atoms with E-state index in [1.165, 1.54) is 18.4 Å². The van der Waals surface area contributed by atoms with Gasteiger partial charge >= 0.3 is 0 Å². The summed E-state index contributed by atoms with van der Waals surface area (Å²) in [7, 11) is 1.67. The third-order valence-electron chi connectivity index (χ3n) is 3.85. The van der Waals surface area contributed by atoms with Crippen molar-refractivity contribution in [2.24, 2.45) is 5.92 Å². The van der Waals surface area contributed by atoms with Gasteiger partial charge in [0, 0.05) is 6.04 Å². The van der Waals surface area contributed by atoms with Crippen LogP contribution in [-0.4, -0.2) is 32.1 Å². The van der Waals surface area contributed by atoms with Crippen molar-refractivity contribution >= 4 is 18.3 Å². The number of hydrogen-bond acceptors (Lipinski definition) is 3. The fraction of sp³-hybridized carbons (Fsp3) is 0.588. The molecule has 4 nitrogen and oxygen atoms in total. The molecular formula is C17H27ClN2O2. The van der Waals surface area contributed by atoms with Gasteiger partial charge in [-0.2, -0.15) is 0 Å². The largest absolute Gasteiger partial charge is 0.497 e. The van der Waals surface area contributed by atoms with E-state index in [0.717, 1.165) is 31.1 Å². The summed E-state index contributed by atoms with van der Waals surface area (Å²) in [5.74, 6) is 1.78. The quantitative estimate of drug-likeness (QED) is 0.733. The van der Waals surface area contributed by atoms with Crippen LogP contribution in [0.4, 0.5) is 0 Å². The number of carbonyl (C=O) groups excluding carboxylic acids is 1. The van der Waals surface area contributed by atoms with Gasteiger partial charge in [0.25, 0.3) is 0 Å². The van der Waals surface area contributed by atoms with Crippen molar-refractivity contribution in [2.45, 2.75) is 38.6 Å². The van der Waals surface area contributed by atoms with Gasteiger partial charge in [-0.1, -0.05) is 12.1 Å². The standard InChI is InChI=1S/C17H26N2O2.ClH/c1-13(19-17(20)12-18-11-15-5-6-15)3-4-14-7-9-16(21-2)10-8-14;/h7-10,13,15,18H,3-6,11-12H2,1-2H3,(H,19,20);1H. The lowest BCUT2D eigenvalue weighted by atomic mass is 10.1. The first-order chi connectivity index (χ1) is 10.2. The Hall–Kier alpha value is -1.26. The molecule has 0 spiro atoms. The minimum atomic E-state index is 0. The summed E-state index contributed by atoms with van der Waals surface area (Å²) in [5.41, 5.74) is 1.27. The summed E-state index contributed by atoms with van der Waals surface area (Å²) in [4.78, 5) is 11.8. The third kappa shape index (κ3) is 7.14. The van der Waals surface area contributed by atoms with Crippen molar-refractivity contribution in [3.8, 4) is 5.75 Å². The van der Waals surface area contributed by atoms with Crippen LogP contribution in [0.25, 0.3) is 0 Å². The van der Waals surface area contributed by atoms with Crippen LogP contribution < -0.4 is 15.4 Å². The van der Waals surface area contributed by atoms with Crippen LogP contribution in [0.2, 0.25) is 0 Å². The van der Waals surface area contributed by atoms with Crippen LogP contribution in [0.5, 0.6) is 5.75 Å². The molecule has 1 unspecified atom stereocenters. The highest BCUT2D eigenvalue weighted by Gasteiger charge is 2.20. The van der Waals surface area contributed by atoms with E-state index in [1.807, 2.05) is 12.1 Å². The Kier molecular flexibility index (Phi) is 8.28. The summed E-state index contributed by atoms with van der Waals surface area (Å²) < 4.78 is 5.14. The number of nitrogens with one attached hydrogen (secondary N) is 2. The zero-order chi connectivity index (χ0) is 15.1. The second-order valence-corrected chi connectivity index (χ2v) is 5.93. The van der Waals surface area contributed by atoms with E-state index in [0.29, 0.717) is 6.54 Å². The molecule has 22 heavy (non-hydrogen) atoms. The molecule has 0 radical (unpaired) electrons. The first-order valence-corrected chi connectivity index (χ1v) is 7.80. The van der Waals surface area contributed by atoms with Crippen LogP contribution >= 0.6 is 12.4 Å². The first-order valence-electron chi connectivity index (χ1n) is 7.80. The number of amides is 1. The highest BCUT2D eigenvalue weighted by molar-refractivity contribution is 5.85. The van der Waals surface area contributed by atoms with Gasteiger partial charge in [-0.05, 0) is 62.8 Å². The number of carbonyl (C=O) groups is 1. The van der Waals surface area contributed by atoms with Gasteiger partial charge in [-0.25, -0.2) is 0 Å². The van der Waals surface area contributed by atoms with Crippen LogP contribution in [0.1, 0.15) is 31.7 Å². The molecule has 0 heterocycles. The predicted molar refractivity (Wildman–Crippen MR) is 91.8 cm³/mol. The minimum absolute atomic E-state index is 0. The van der Waals surface area contributed by atoms with Gasteiger partial charge in [-0.3, -0.25) is 4.79 Å². The van der Waals surface area contributed by atoms with Crippen molar-refractivity contribution in [2.75, 3.05) is 20.2 Å². The number of benzene rings is 1. The van der Waals surface area contributed by atoms with E-state index >= 15 is 0 Å². The summed E-state index contributed by atoms with van der Waals surface area (Å²) in [6.45, 7) is 3.47. The van der Waals surface area contributed by atoms with Gasteiger partial charge < -0.3 is 15.4 Å². The number of hydrogen-bond donors (Lipinski definition) is 2. The van der Waals surface area contributed by atoms with Crippen molar-refractivity contribution in [3.63, 3.8) is 0 Å². The molecule has 1 saturated carbocycles. The van der Waals surface area contributed by atoms with Crippen LogP contribution in [-0.2, 0) is 11.2 Å². The maximum Gasteiger partial charge on any atom is 0.234 e. The van der Waals surface area contributed by atoms with E-state index in [1.54, 1.807) is 7.11 Å². The fourth-order valence-corrected chi connectivity index (χ4v) is 2.29. The van der Waals surface area contributed by atoms with Gasteiger partial charge in [0.2, 0.25) is 5.91 Å². The molecule has 1 aromatic carbocycles. The summed E-state index contributed by atoms with van der Waals surface area (Å²) in [6.07, 6.45) is 4.53. The van der Waals surface area contributed by atoms with E-state index < -0.39 is 0 Å². The topological polar surface area (TPSA) is 50.4 Å². The molecule has 0 saturated heterocycles. The Labute approximate surface area is 139 Å². The van der Waals surface area contributed by atoms with Crippen molar-refractivity contribution < 1.29 is 9.53 Å². The van der Waals surface area contributed by atoms with Gasteiger partial charge in [0.1, 0.15) is 5.75 Å². The second kappa shape index (κ2) is 9.70. The van der Waals surface area contributed by atoms with E-state index in [4.69, 9.17) is 4.74 Å². The zero-order valence-electron chi connectivity index (χ0n) is 13.4. The summed E-state index contributed by atoms with van der Waals surface area (Å²) >= 11 is 0. The molecule has 1 amide bonds. The summed E-state index contributed by atoms with van der Waals surface area (Å²) in [6, 6.07) is 8.29. The lowest BCUT2D eigenvalue weighted by Gasteiger charge is -2.14. The van der Waals surface area contributed by atoms with Gasteiger partial charge in [0.15, 0.2) is 0 Å². The predicted octanol–water partition coefficient (Wildman–Crippen LogP) is 2.55. The number of aryl methyl sites for hydroxylation is 1. The van der Waals surface area contributed by atoms with Gasteiger partial charge in [-0.15, -0.1) is 12.4 Å². The molecule has 2 N–H and O–H groups in total. The molecule has 1 aliphatic rings. The minimum Gasteiger partial charge on any atom is -0.497 e. The SMILES string of the molecule is COc1ccc(CCC(C)NC(=O)CNCC2CC2)cc1.Cl. The average molecular weight is 327 g/mol. The Bertz CT molecular complexity index is 446. The lowest BCUT2D eigenvalue weighted by Crippen LogP contribution is -2.39. The molecular weight excluding hydrogens is 300 g/mol. The van der Waals surface area contributed by atoms with E-state index in [9.17, 15) is 4.79 Å². The van der Waals surface area contributed by atoms with E-state index in [2.05, 4.69) is 29.7 Å². The molecule has 0 aliphatic heterocycles. The highest BCUT2D eigenvalue weighted by Crippen LogP contribution is 2.27. The Morgan fingerprint density at radius 3 is 2.59 bits per heavy atom. The number of methoxy groups -OCH3 is 1. The number of rotatable bonds is 9. The maximum absolute atomic E-state index is 11.8. The summed E-state index contributed by atoms with van der Waals surface area (Å²) in [5, 5.41) is 6.25. The van der Waals surface area contributed by atoms with Crippen molar-refractivity contribution in [3.05, 3.63) is 29.8 Å². The van der Waals surface area contributed by atoms with Crippen molar-refractivity contribution in [1.82, 2.24) is 10.6 Å². The highest BCUT2D eigenvalue weighted by atomic mass is 35.5. The Morgan fingerprint density at radius 2 is 2.00 bits per heavy atom. The molecule has 1 atom stereocenters. The van der Waals surface area contributed by atoms with Gasteiger partial charge in [0.05, 0.1) is 13.7 Å². The first kappa shape index (κ1) is 18.8. The number of halogens is 1. The monoisotopic (exact) mass is 326 g/mol. The normalized spacial score (nSPS) is 14.8. The molecule has 1 aliphatic carbocycles. The number of ether oxygens (including phenoxy) is 1. The zero-order valence-corrected chi connectivity index (χ0v) is 14.2. The second-order valence-electron chi connectivity index (χ2n) is 5.93. The molecule has 124 valence electrons. The maximum atomic E-state index is 11.8. The molecule has 1 aromatic rings. The Balaban J connectivity index is 0.00000242. The lowest BCUT2D eigenvalue weighted by molar-refractivity contribution is -0.120. The average Bonchev–Trinajstić information content (AvgIpc) is 3.30. The third-order valence-corrected chi connectivity index (χ3v) is 3.85. The van der Waals surface area contributed by atoms with E-state index in [-0.39, 0.29) is 24.4 Å². The fourth-order valence-electron chi connectivity index (χ4n) is 2.29. The van der Waals surface area contributed by atoms with Crippen molar-refractivity contribution in [1.29, 1.82) is 0 Å². The van der Waals surface area contributed by atoms with Crippen LogP contribution in [0.15, 0.2) is 24.3 Å². The molecule has 1 fully saturated rings. The molecule has 5 heteroatoms. The molecule has 0 aromatic heterocycles. The molecule has 2 rings (SSSR count). The Morgan fingerprint density at radius 1 is 1.32 bits per heavy atom. The van der Waals surface area contributed by atoms with Crippen LogP contribution in [0, 0.1) is 5.92 Å².